The van der Waals surface area contributed by atoms with Gasteiger partial charge in [0.1, 0.15) is 6.10 Å². The van der Waals surface area contributed by atoms with Gasteiger partial charge in [0.15, 0.2) is 0 Å². The predicted molar refractivity (Wildman–Crippen MR) is 52.8 cm³/mol. The van der Waals surface area contributed by atoms with E-state index in [1.54, 1.807) is 0 Å². The number of allylic oxidation sites excluding steroid dienone is 2. The lowest BCUT2D eigenvalue weighted by molar-refractivity contribution is 0.0699. The highest BCUT2D eigenvalue weighted by molar-refractivity contribution is 5.42. The number of hydrogen-bond acceptors (Lipinski definition) is 2. The zero-order valence-electron chi connectivity index (χ0n) is 8.29. The lowest BCUT2D eigenvalue weighted by atomic mass is 9.82. The zero-order chi connectivity index (χ0) is 9.47. The minimum absolute atomic E-state index is 0.110. The second-order valence-electron chi connectivity index (χ2n) is 4.51. The molecule has 0 aromatic heterocycles. The maximum absolute atomic E-state index is 5.31. The van der Waals surface area contributed by atoms with Gasteiger partial charge in [0.05, 0.1) is 0 Å². The van der Waals surface area contributed by atoms with Gasteiger partial charge in [0, 0.05) is 11.8 Å². The molecule has 0 saturated heterocycles. The van der Waals surface area contributed by atoms with Crippen LogP contribution in [0.25, 0.3) is 0 Å². The molecule has 13 heavy (non-hydrogen) atoms. The Hall–Kier alpha value is -1.02. The first-order chi connectivity index (χ1) is 6.07. The molecule has 1 N–H and O–H groups in total. The van der Waals surface area contributed by atoms with E-state index in [4.69, 9.17) is 4.84 Å². The molecule has 0 bridgehead atoms. The number of rotatable bonds is 0. The van der Waals surface area contributed by atoms with Crippen LogP contribution < -0.4 is 5.48 Å². The Morgan fingerprint density at radius 3 is 2.77 bits per heavy atom. The predicted octanol–water partition coefficient (Wildman–Crippen LogP) is 2.32. The summed E-state index contributed by atoms with van der Waals surface area (Å²) >= 11 is 0. The summed E-state index contributed by atoms with van der Waals surface area (Å²) in [6.45, 7) is 6.63. The maximum Gasteiger partial charge on any atom is 0.131 e. The highest BCUT2D eigenvalue weighted by Crippen LogP contribution is 2.32. The van der Waals surface area contributed by atoms with Crippen molar-refractivity contribution in [1.82, 2.24) is 5.48 Å². The molecule has 0 aromatic carbocycles. The van der Waals surface area contributed by atoms with Gasteiger partial charge in [0.2, 0.25) is 0 Å². The third-order valence-electron chi connectivity index (χ3n) is 2.40. The molecule has 0 saturated carbocycles. The topological polar surface area (TPSA) is 21.3 Å². The molecule has 0 aromatic rings. The van der Waals surface area contributed by atoms with Crippen LogP contribution in [0.5, 0.6) is 0 Å². The van der Waals surface area contributed by atoms with Crippen molar-refractivity contribution >= 4 is 0 Å². The molecule has 2 nitrogen and oxygen atoms in total. The van der Waals surface area contributed by atoms with E-state index in [9.17, 15) is 0 Å². The lowest BCUT2D eigenvalue weighted by Crippen LogP contribution is -2.17. The average Bonchev–Trinajstić information content (AvgIpc) is 2.47. The molecule has 1 atom stereocenters. The van der Waals surface area contributed by atoms with E-state index in [0.29, 0.717) is 0 Å². The van der Waals surface area contributed by atoms with Crippen molar-refractivity contribution in [1.29, 1.82) is 0 Å². The molecule has 1 unspecified atom stereocenters. The average molecular weight is 177 g/mol. The number of fused-ring (bicyclic) bond motifs is 1. The van der Waals surface area contributed by atoms with Gasteiger partial charge in [-0.15, -0.1) is 0 Å². The van der Waals surface area contributed by atoms with E-state index in [0.717, 1.165) is 0 Å². The van der Waals surface area contributed by atoms with Crippen molar-refractivity contribution < 1.29 is 4.84 Å². The van der Waals surface area contributed by atoms with Crippen LogP contribution in [0.3, 0.4) is 0 Å². The van der Waals surface area contributed by atoms with E-state index in [-0.39, 0.29) is 11.5 Å². The fourth-order valence-corrected chi connectivity index (χ4v) is 1.50. The summed E-state index contributed by atoms with van der Waals surface area (Å²) in [5.41, 5.74) is 5.51. The van der Waals surface area contributed by atoms with Crippen molar-refractivity contribution in [2.45, 2.75) is 26.9 Å². The lowest BCUT2D eigenvalue weighted by Gasteiger charge is -2.24. The number of nitrogens with one attached hydrogen (secondary N) is 1. The maximum atomic E-state index is 5.31. The van der Waals surface area contributed by atoms with Crippen molar-refractivity contribution in [2.75, 3.05) is 0 Å². The molecule has 0 amide bonds. The van der Waals surface area contributed by atoms with Crippen LogP contribution in [0.1, 0.15) is 20.8 Å². The van der Waals surface area contributed by atoms with Crippen LogP contribution in [0.2, 0.25) is 0 Å². The summed E-state index contributed by atoms with van der Waals surface area (Å²) in [4.78, 5) is 5.31. The summed E-state index contributed by atoms with van der Waals surface area (Å²) in [6, 6.07) is 0. The van der Waals surface area contributed by atoms with Gasteiger partial charge in [-0.05, 0) is 17.1 Å². The Morgan fingerprint density at radius 2 is 2.08 bits per heavy atom. The molecular formula is C11H15NO. The van der Waals surface area contributed by atoms with Gasteiger partial charge in [-0.1, -0.05) is 32.9 Å². The molecule has 0 spiro atoms. The van der Waals surface area contributed by atoms with Crippen molar-refractivity contribution in [2.24, 2.45) is 5.41 Å². The number of hydroxylamine groups is 1. The first-order valence-corrected chi connectivity index (χ1v) is 4.59. The fraction of sp³-hybridized carbons (Fsp3) is 0.455. The van der Waals surface area contributed by atoms with E-state index in [1.165, 1.54) is 11.1 Å². The quantitative estimate of drug-likeness (QED) is 0.613. The summed E-state index contributed by atoms with van der Waals surface area (Å²) in [5.74, 6) is 0. The Balaban J connectivity index is 2.27. The Labute approximate surface area is 78.9 Å². The van der Waals surface area contributed by atoms with Crippen LogP contribution in [-0.2, 0) is 4.84 Å². The molecule has 70 valence electrons. The second-order valence-corrected chi connectivity index (χ2v) is 4.51. The monoisotopic (exact) mass is 177 g/mol. The van der Waals surface area contributed by atoms with Crippen LogP contribution in [-0.4, -0.2) is 6.10 Å². The van der Waals surface area contributed by atoms with Gasteiger partial charge in [0.25, 0.3) is 0 Å². The SMILES string of the molecule is CC(C)(C)C1=CC2ONC=C2C=C1. The first kappa shape index (κ1) is 8.57. The first-order valence-electron chi connectivity index (χ1n) is 4.59. The van der Waals surface area contributed by atoms with Crippen molar-refractivity contribution in [3.05, 3.63) is 35.6 Å². The van der Waals surface area contributed by atoms with Gasteiger partial charge in [-0.3, -0.25) is 10.3 Å². The summed E-state index contributed by atoms with van der Waals surface area (Å²) in [6.07, 6.45) is 8.46. The Bertz CT molecular complexity index is 305. The summed E-state index contributed by atoms with van der Waals surface area (Å²) < 4.78 is 0. The van der Waals surface area contributed by atoms with Crippen LogP contribution in [0, 0.1) is 5.41 Å². The third kappa shape index (κ3) is 1.54. The molecule has 2 heteroatoms. The van der Waals surface area contributed by atoms with E-state index in [1.807, 2.05) is 6.20 Å². The standard InChI is InChI=1S/C11H15NO/c1-11(2,3)9-5-4-8-7-12-13-10(8)6-9/h4-7,10,12H,1-3H3. The van der Waals surface area contributed by atoms with Gasteiger partial charge in [-0.2, -0.15) is 0 Å². The Morgan fingerprint density at radius 1 is 1.31 bits per heavy atom. The third-order valence-corrected chi connectivity index (χ3v) is 2.40. The number of hydrogen-bond donors (Lipinski definition) is 1. The largest absolute Gasteiger partial charge is 0.273 e. The highest BCUT2D eigenvalue weighted by atomic mass is 16.7. The molecule has 2 aliphatic rings. The molecule has 0 radical (unpaired) electrons. The van der Waals surface area contributed by atoms with E-state index >= 15 is 0 Å². The summed E-state index contributed by atoms with van der Waals surface area (Å²) in [5, 5.41) is 0. The van der Waals surface area contributed by atoms with Crippen molar-refractivity contribution in [3.63, 3.8) is 0 Å². The fourth-order valence-electron chi connectivity index (χ4n) is 1.50. The van der Waals surface area contributed by atoms with Crippen LogP contribution in [0.15, 0.2) is 35.6 Å². The van der Waals surface area contributed by atoms with E-state index in [2.05, 4.69) is 44.5 Å². The molecule has 0 fully saturated rings. The highest BCUT2D eigenvalue weighted by Gasteiger charge is 2.24. The normalized spacial score (nSPS) is 26.2. The molecule has 1 aliphatic heterocycles. The van der Waals surface area contributed by atoms with Gasteiger partial charge < -0.3 is 0 Å². The molecule has 2 rings (SSSR count). The summed E-state index contributed by atoms with van der Waals surface area (Å²) in [7, 11) is 0. The second kappa shape index (κ2) is 2.74. The minimum Gasteiger partial charge on any atom is -0.273 e. The zero-order valence-corrected chi connectivity index (χ0v) is 8.29. The van der Waals surface area contributed by atoms with Crippen molar-refractivity contribution in [3.8, 4) is 0 Å². The van der Waals surface area contributed by atoms with Crippen LogP contribution >= 0.6 is 0 Å². The van der Waals surface area contributed by atoms with E-state index < -0.39 is 0 Å². The van der Waals surface area contributed by atoms with Gasteiger partial charge in [-0.25, -0.2) is 0 Å². The molecule has 1 aliphatic carbocycles. The van der Waals surface area contributed by atoms with Gasteiger partial charge >= 0.3 is 0 Å². The minimum atomic E-state index is 0.110. The smallest absolute Gasteiger partial charge is 0.131 e. The van der Waals surface area contributed by atoms with Crippen LogP contribution in [0.4, 0.5) is 0 Å². The molecular weight excluding hydrogens is 162 g/mol. The molecule has 1 heterocycles. The Kier molecular flexibility index (Phi) is 1.81.